The number of aromatic nitrogens is 1. The van der Waals surface area contributed by atoms with Crippen molar-refractivity contribution in [3.63, 3.8) is 0 Å². The van der Waals surface area contributed by atoms with E-state index in [-0.39, 0.29) is 17.6 Å². The van der Waals surface area contributed by atoms with Crippen LogP contribution in [0.2, 0.25) is 5.02 Å². The highest BCUT2D eigenvalue weighted by atomic mass is 35.5. The van der Waals surface area contributed by atoms with Crippen LogP contribution in [-0.2, 0) is 16.0 Å². The van der Waals surface area contributed by atoms with Crippen LogP contribution in [0.1, 0.15) is 48.4 Å². The number of benzene rings is 2. The van der Waals surface area contributed by atoms with Crippen LogP contribution in [0, 0.1) is 11.1 Å². The Bertz CT molecular complexity index is 1410. The van der Waals surface area contributed by atoms with E-state index in [0.29, 0.717) is 65.8 Å². The molecule has 0 bridgehead atoms. The van der Waals surface area contributed by atoms with Crippen molar-refractivity contribution in [2.75, 3.05) is 13.1 Å². The molecule has 2 heterocycles. The summed E-state index contributed by atoms with van der Waals surface area (Å²) in [5.74, 6) is 6.55. The molecule has 2 aliphatic rings. The first kappa shape index (κ1) is 25.7. The monoisotopic (exact) mass is 532 g/mol. The lowest BCUT2D eigenvalue weighted by molar-refractivity contribution is -0.613. The molecule has 196 valence electrons. The normalized spacial score (nSPS) is 16.9. The number of nitrogens with zero attached hydrogens (tertiary/aromatic N) is 3. The molecule has 3 aromatic rings. The Morgan fingerprint density at radius 2 is 1.89 bits per heavy atom. The van der Waals surface area contributed by atoms with Crippen molar-refractivity contribution in [1.82, 2.24) is 4.90 Å². The average molecular weight is 533 g/mol. The quantitative estimate of drug-likeness (QED) is 0.126. The van der Waals surface area contributed by atoms with Crippen molar-refractivity contribution < 1.29 is 19.0 Å². The van der Waals surface area contributed by atoms with Gasteiger partial charge in [-0.05, 0) is 54.2 Å². The van der Waals surface area contributed by atoms with Crippen molar-refractivity contribution in [3.05, 3.63) is 87.8 Å². The molecule has 1 amide bonds. The third-order valence-electron chi connectivity index (χ3n) is 7.61. The number of Topliss-reactive ketones (excluding diaryl/α,β-unsaturated/α-hetero) is 1. The molecule has 2 aromatic carbocycles. The highest BCUT2D eigenvalue weighted by Crippen LogP contribution is 2.33. The molecule has 0 radical (unpaired) electrons. The van der Waals surface area contributed by atoms with E-state index in [9.17, 15) is 14.8 Å². The molecule has 9 heteroatoms. The van der Waals surface area contributed by atoms with Crippen LogP contribution in [-0.4, -0.2) is 40.7 Å². The second kappa shape index (κ2) is 10.8. The maximum absolute atomic E-state index is 13.0. The topological polar surface area (TPSA) is 119 Å². The van der Waals surface area contributed by atoms with Gasteiger partial charge in [0.15, 0.2) is 17.6 Å². The second-order valence-electron chi connectivity index (χ2n) is 10.1. The lowest BCUT2D eigenvalue weighted by atomic mass is 9.81. The van der Waals surface area contributed by atoms with Gasteiger partial charge in [0.25, 0.3) is 6.34 Å². The standard InChI is InChI=1S/C29H30ClN5O3/c30-24-5-7-28(34(32)18-31)27(16-24)22-4-6-25(35(38)17-22)13-19-2-1-3-21(12-19)20-8-10-33(11-9-20)29(37)23-14-26(36)15-23/h1-7,12,16-18,20,23,31H,8-11,13-15,32H2/p+1. The van der Waals surface area contributed by atoms with Gasteiger partial charge in [0.2, 0.25) is 5.91 Å². The number of hydrogen-bond donors (Lipinski definition) is 2. The third-order valence-corrected chi connectivity index (χ3v) is 7.85. The molecule has 4 N–H and O–H groups in total. The van der Waals surface area contributed by atoms with Gasteiger partial charge in [-0.15, -0.1) is 4.68 Å². The van der Waals surface area contributed by atoms with E-state index in [0.717, 1.165) is 23.1 Å². The Morgan fingerprint density at radius 3 is 2.58 bits per heavy atom. The van der Waals surface area contributed by atoms with Gasteiger partial charge in [0.05, 0.1) is 17.9 Å². The van der Waals surface area contributed by atoms with E-state index >= 15 is 0 Å². The number of amides is 1. The van der Waals surface area contributed by atoms with Crippen LogP contribution < -0.4 is 16.3 Å². The van der Waals surface area contributed by atoms with Crippen molar-refractivity contribution >= 4 is 35.3 Å². The lowest BCUT2D eigenvalue weighted by Crippen LogP contribution is -2.45. The number of carbonyl (C=O) groups is 2. The predicted octanol–water partition coefficient (Wildman–Crippen LogP) is 3.42. The van der Waals surface area contributed by atoms with E-state index in [1.165, 1.54) is 22.8 Å². The Morgan fingerprint density at radius 1 is 1.13 bits per heavy atom. The molecule has 1 saturated heterocycles. The minimum absolute atomic E-state index is 0.105. The van der Waals surface area contributed by atoms with Gasteiger partial charge in [-0.1, -0.05) is 35.9 Å². The summed E-state index contributed by atoms with van der Waals surface area (Å²) in [6.45, 7) is 1.43. The number of halogens is 1. The SMILES string of the molecule is NC=[N+](N)c1ccc(Cl)cc1-c1ccc(Cc2cccc(C3CCN(C(=O)C4CC(=O)C4)CC3)c2)[n+]([O-])c1. The van der Waals surface area contributed by atoms with Crippen molar-refractivity contribution in [2.24, 2.45) is 17.5 Å². The van der Waals surface area contributed by atoms with E-state index in [2.05, 4.69) is 12.1 Å². The molecular weight excluding hydrogens is 502 g/mol. The van der Waals surface area contributed by atoms with Crippen LogP contribution in [0.5, 0.6) is 0 Å². The summed E-state index contributed by atoms with van der Waals surface area (Å²) in [6, 6.07) is 17.3. The molecule has 0 unspecified atom stereocenters. The zero-order valence-corrected chi connectivity index (χ0v) is 21.8. The van der Waals surface area contributed by atoms with Crippen molar-refractivity contribution in [1.29, 1.82) is 0 Å². The summed E-state index contributed by atoms with van der Waals surface area (Å²) in [5, 5.41) is 13.5. The van der Waals surface area contributed by atoms with Gasteiger partial charge >= 0.3 is 0 Å². The largest absolute Gasteiger partial charge is 0.618 e. The maximum atomic E-state index is 13.0. The fourth-order valence-electron chi connectivity index (χ4n) is 5.37. The summed E-state index contributed by atoms with van der Waals surface area (Å²) < 4.78 is 2.17. The second-order valence-corrected chi connectivity index (χ2v) is 10.6. The highest BCUT2D eigenvalue weighted by molar-refractivity contribution is 6.31. The van der Waals surface area contributed by atoms with Gasteiger partial charge in [0, 0.05) is 42.6 Å². The minimum atomic E-state index is -0.105. The summed E-state index contributed by atoms with van der Waals surface area (Å²) in [6.07, 6.45) is 5.86. The first-order chi connectivity index (χ1) is 18.3. The molecular formula is C29H31ClN5O3+. The number of carbonyl (C=O) groups excluding carboxylic acids is 2. The summed E-state index contributed by atoms with van der Waals surface area (Å²) in [4.78, 5) is 25.7. The Labute approximate surface area is 226 Å². The number of piperidine rings is 1. The fourth-order valence-corrected chi connectivity index (χ4v) is 5.55. The highest BCUT2D eigenvalue weighted by Gasteiger charge is 2.36. The van der Waals surface area contributed by atoms with Crippen LogP contribution in [0.3, 0.4) is 0 Å². The number of likely N-dealkylation sites (tertiary alicyclic amines) is 1. The molecule has 1 aliphatic carbocycles. The predicted molar refractivity (Wildman–Crippen MR) is 146 cm³/mol. The third kappa shape index (κ3) is 5.36. The fraction of sp³-hybridized carbons (Fsp3) is 0.310. The molecule has 5 rings (SSSR count). The van der Waals surface area contributed by atoms with E-state index in [4.69, 9.17) is 23.2 Å². The van der Waals surface area contributed by atoms with Crippen molar-refractivity contribution in [3.8, 4) is 11.1 Å². The van der Waals surface area contributed by atoms with Gasteiger partial charge in [-0.3, -0.25) is 21.2 Å². The van der Waals surface area contributed by atoms with Gasteiger partial charge in [0.1, 0.15) is 5.78 Å². The van der Waals surface area contributed by atoms with Crippen molar-refractivity contribution in [2.45, 2.75) is 38.0 Å². The van der Waals surface area contributed by atoms with Crippen LogP contribution in [0.4, 0.5) is 5.69 Å². The van der Waals surface area contributed by atoms with E-state index < -0.39 is 0 Å². The number of nitrogens with two attached hydrogens (primary N) is 2. The van der Waals surface area contributed by atoms with Crippen LogP contribution >= 0.6 is 11.6 Å². The number of hydrogen-bond acceptors (Lipinski definition) is 4. The molecule has 1 aliphatic heterocycles. The zero-order valence-electron chi connectivity index (χ0n) is 21.1. The number of ketones is 1. The number of hydrazine groups is 1. The van der Waals surface area contributed by atoms with Crippen LogP contribution in [0.25, 0.3) is 11.1 Å². The van der Waals surface area contributed by atoms with Gasteiger partial charge in [-0.2, -0.15) is 4.73 Å². The van der Waals surface area contributed by atoms with Gasteiger partial charge < -0.3 is 10.1 Å². The molecule has 0 spiro atoms. The average Bonchev–Trinajstić information content (AvgIpc) is 2.92. The lowest BCUT2D eigenvalue weighted by Gasteiger charge is -2.36. The Kier molecular flexibility index (Phi) is 7.33. The maximum Gasteiger partial charge on any atom is 0.258 e. The molecule has 38 heavy (non-hydrogen) atoms. The Hall–Kier alpha value is -3.91. The molecule has 8 nitrogen and oxygen atoms in total. The van der Waals surface area contributed by atoms with E-state index in [1.807, 2.05) is 29.2 Å². The minimum Gasteiger partial charge on any atom is -0.618 e. The molecule has 1 aromatic heterocycles. The first-order valence-corrected chi connectivity index (χ1v) is 13.2. The van der Waals surface area contributed by atoms with Gasteiger partial charge in [-0.25, -0.2) is 0 Å². The summed E-state index contributed by atoms with van der Waals surface area (Å²) in [5.41, 5.74) is 10.5. The molecule has 1 saturated carbocycles. The number of rotatable bonds is 6. The van der Waals surface area contributed by atoms with E-state index in [1.54, 1.807) is 18.2 Å². The molecule has 2 fully saturated rings. The zero-order chi connectivity index (χ0) is 26.8. The van der Waals surface area contributed by atoms with Crippen LogP contribution in [0.15, 0.2) is 60.8 Å². The molecule has 0 atom stereocenters. The number of pyridine rings is 1. The number of hydrazone groups is 1. The first-order valence-electron chi connectivity index (χ1n) is 12.8. The smallest absolute Gasteiger partial charge is 0.258 e. The summed E-state index contributed by atoms with van der Waals surface area (Å²) in [7, 11) is 0. The Balaban J connectivity index is 1.27. The summed E-state index contributed by atoms with van der Waals surface area (Å²) >= 11 is 6.21.